The Bertz CT molecular complexity index is 610. The summed E-state index contributed by atoms with van der Waals surface area (Å²) in [6, 6.07) is 0. The molecule has 2 unspecified atom stereocenters. The zero-order valence-corrected chi connectivity index (χ0v) is 25.9. The molecular weight excluding hydrogens is 497 g/mol. The van der Waals surface area contributed by atoms with Gasteiger partial charge in [0.25, 0.3) is 0 Å². The fourth-order valence-corrected chi connectivity index (χ4v) is 6.48. The van der Waals surface area contributed by atoms with Crippen LogP contribution >= 0.6 is 8.25 Å². The second-order valence-electron chi connectivity index (χ2n) is 11.3. The molecular formula is C27H59NO6PS+. The maximum Gasteiger partial charge on any atom is 0.697 e. The van der Waals surface area contributed by atoms with E-state index in [9.17, 15) is 13.0 Å². The zero-order chi connectivity index (χ0) is 26.4. The van der Waals surface area contributed by atoms with Gasteiger partial charge in [0.2, 0.25) is 0 Å². The third-order valence-electron chi connectivity index (χ3n) is 6.18. The Labute approximate surface area is 224 Å². The van der Waals surface area contributed by atoms with E-state index in [-0.39, 0.29) is 29.7 Å². The minimum Gasteiger partial charge on any atom is -0.870 e. The highest BCUT2D eigenvalue weighted by atomic mass is 32.2. The number of quaternary nitrogens is 1. The summed E-state index contributed by atoms with van der Waals surface area (Å²) in [5, 5.41) is 0. The number of hydrogen-bond donors (Lipinski definition) is 0. The molecule has 7 nitrogen and oxygen atoms in total. The van der Waals surface area contributed by atoms with Crippen LogP contribution in [0.2, 0.25) is 0 Å². The molecule has 0 spiro atoms. The lowest BCUT2D eigenvalue weighted by Gasteiger charge is -2.24. The second kappa shape index (κ2) is 24.0. The first-order chi connectivity index (χ1) is 16.6. The molecule has 36 heavy (non-hydrogen) atoms. The largest absolute Gasteiger partial charge is 0.870 e. The van der Waals surface area contributed by atoms with Crippen molar-refractivity contribution < 1.29 is 32.0 Å². The maximum absolute atomic E-state index is 12.2. The molecule has 0 aromatic heterocycles. The van der Waals surface area contributed by atoms with E-state index >= 15 is 0 Å². The van der Waals surface area contributed by atoms with E-state index in [4.69, 9.17) is 9.05 Å². The van der Waals surface area contributed by atoms with Crippen molar-refractivity contribution in [1.82, 2.24) is 0 Å². The topological polar surface area (TPSA) is 99.7 Å². The van der Waals surface area contributed by atoms with Gasteiger partial charge in [-0.2, -0.15) is 0 Å². The fourth-order valence-electron chi connectivity index (χ4n) is 4.37. The first kappa shape index (κ1) is 38.0. The quantitative estimate of drug-likeness (QED) is 0.0616. The fraction of sp³-hybridized carbons (Fsp3) is 1.00. The molecule has 0 aliphatic carbocycles. The van der Waals surface area contributed by atoms with Gasteiger partial charge < -0.3 is 9.96 Å². The lowest BCUT2D eigenvalue weighted by molar-refractivity contribution is -0.873. The zero-order valence-electron chi connectivity index (χ0n) is 24.2. The monoisotopic (exact) mass is 556 g/mol. The van der Waals surface area contributed by atoms with Crippen LogP contribution in [0.15, 0.2) is 0 Å². The molecule has 0 fully saturated rings. The van der Waals surface area contributed by atoms with Gasteiger partial charge in [-0.05, 0) is 19.8 Å². The molecule has 0 saturated heterocycles. The Morgan fingerprint density at radius 1 is 0.694 bits per heavy atom. The average molecular weight is 557 g/mol. The van der Waals surface area contributed by atoms with Crippen LogP contribution in [0.1, 0.15) is 123 Å². The summed E-state index contributed by atoms with van der Waals surface area (Å²) in [6.45, 7) is 4.99. The molecule has 1 N–H and O–H groups in total. The van der Waals surface area contributed by atoms with Crippen LogP contribution in [-0.4, -0.2) is 70.3 Å². The van der Waals surface area contributed by atoms with Gasteiger partial charge in [0.05, 0.1) is 32.6 Å². The molecule has 0 radical (unpaired) electrons. The highest BCUT2D eigenvalue weighted by molar-refractivity contribution is 7.91. The summed E-state index contributed by atoms with van der Waals surface area (Å²) in [5.41, 5.74) is 0. The van der Waals surface area contributed by atoms with Crippen LogP contribution in [-0.2, 0) is 23.4 Å². The molecule has 0 aromatic carbocycles. The van der Waals surface area contributed by atoms with Crippen LogP contribution in [0.4, 0.5) is 0 Å². The Kier molecular flexibility index (Phi) is 25.3. The van der Waals surface area contributed by atoms with Crippen LogP contribution in [0, 0.1) is 0 Å². The van der Waals surface area contributed by atoms with E-state index in [1.54, 1.807) is 0 Å². The van der Waals surface area contributed by atoms with Gasteiger partial charge in [-0.1, -0.05) is 103 Å². The van der Waals surface area contributed by atoms with E-state index in [0.29, 0.717) is 10.9 Å². The second-order valence-corrected chi connectivity index (χ2v) is 14.5. The standard InChI is InChI=1S/C27H58NO5PS.H2O/c1-6-7-8-9-10-11-12-13-14-15-16-17-18-19-20-21-24-35(30,31)25-22-23-32-34(29)33-27(2)26-28(3,4)5;/h27H,6-26H2,1-5H3;1H2/q+2;/p-1. The minimum atomic E-state index is -3.06. The van der Waals surface area contributed by atoms with Gasteiger partial charge in [0.1, 0.15) is 23.0 Å². The Morgan fingerprint density at radius 3 is 1.50 bits per heavy atom. The smallest absolute Gasteiger partial charge is 0.697 e. The van der Waals surface area contributed by atoms with E-state index < -0.39 is 18.1 Å². The van der Waals surface area contributed by atoms with Crippen LogP contribution in [0.5, 0.6) is 0 Å². The molecule has 0 amide bonds. The molecule has 0 aliphatic heterocycles. The number of likely N-dealkylation sites (N-methyl/N-ethyl adjacent to an activating group) is 1. The molecule has 218 valence electrons. The number of sulfone groups is 1. The van der Waals surface area contributed by atoms with Crippen molar-refractivity contribution in [3.05, 3.63) is 0 Å². The first-order valence-corrected chi connectivity index (χ1v) is 17.3. The highest BCUT2D eigenvalue weighted by Gasteiger charge is 2.28. The summed E-state index contributed by atoms with van der Waals surface area (Å²) in [4.78, 5) is 0. The molecule has 0 bridgehead atoms. The summed E-state index contributed by atoms with van der Waals surface area (Å²) >= 11 is 0. The van der Waals surface area contributed by atoms with Crippen molar-refractivity contribution >= 4 is 18.1 Å². The van der Waals surface area contributed by atoms with Gasteiger partial charge in [0, 0.05) is 4.57 Å². The van der Waals surface area contributed by atoms with Crippen LogP contribution in [0.25, 0.3) is 0 Å². The SMILES string of the molecule is CCCCCCCCCCCCCCCCCCS(=O)(=O)CCCO[P+](=O)OC(C)C[N+](C)(C)C.[OH-]. The molecule has 9 heteroatoms. The number of nitrogens with zero attached hydrogens (tertiary/aromatic N) is 1. The van der Waals surface area contributed by atoms with Crippen molar-refractivity contribution in [3.8, 4) is 0 Å². The number of unbranched alkanes of at least 4 members (excludes halogenated alkanes) is 15. The summed E-state index contributed by atoms with van der Waals surface area (Å²) in [5.74, 6) is 0.331. The van der Waals surface area contributed by atoms with Crippen molar-refractivity contribution in [2.45, 2.75) is 129 Å². The van der Waals surface area contributed by atoms with Gasteiger partial charge in [-0.25, -0.2) is 8.42 Å². The molecule has 2 atom stereocenters. The van der Waals surface area contributed by atoms with Gasteiger partial charge in [-0.15, -0.1) is 9.05 Å². The Hall–Kier alpha value is -0.110. The predicted octanol–water partition coefficient (Wildman–Crippen LogP) is 7.66. The lowest BCUT2D eigenvalue weighted by Crippen LogP contribution is -2.40. The summed E-state index contributed by atoms with van der Waals surface area (Å²) in [6.07, 6.45) is 20.7. The molecule has 0 saturated carbocycles. The summed E-state index contributed by atoms with van der Waals surface area (Å²) in [7, 11) is 0.850. The van der Waals surface area contributed by atoms with Gasteiger partial charge in [0.15, 0.2) is 6.10 Å². The van der Waals surface area contributed by atoms with E-state index in [2.05, 4.69) is 6.92 Å². The van der Waals surface area contributed by atoms with Gasteiger partial charge in [-0.3, -0.25) is 0 Å². The molecule has 0 heterocycles. The van der Waals surface area contributed by atoms with Crippen molar-refractivity contribution in [2.75, 3.05) is 45.8 Å². The normalized spacial score (nSPS) is 13.4. The van der Waals surface area contributed by atoms with E-state index in [0.717, 1.165) is 25.8 Å². The lowest BCUT2D eigenvalue weighted by atomic mass is 10.0. The van der Waals surface area contributed by atoms with Crippen molar-refractivity contribution in [2.24, 2.45) is 0 Å². The van der Waals surface area contributed by atoms with Crippen LogP contribution < -0.4 is 0 Å². The Balaban J connectivity index is 0. The molecule has 0 aliphatic rings. The third-order valence-corrected chi connectivity index (χ3v) is 8.92. The minimum absolute atomic E-state index is 0. The third kappa shape index (κ3) is 28.5. The Morgan fingerprint density at radius 2 is 1.08 bits per heavy atom. The van der Waals surface area contributed by atoms with E-state index in [1.165, 1.54) is 83.5 Å². The molecule has 0 rings (SSSR count). The molecule has 0 aromatic rings. The maximum atomic E-state index is 12.2. The highest BCUT2D eigenvalue weighted by Crippen LogP contribution is 2.26. The van der Waals surface area contributed by atoms with E-state index in [1.807, 2.05) is 28.1 Å². The predicted molar refractivity (Wildman–Crippen MR) is 152 cm³/mol. The number of rotatable bonds is 26. The first-order valence-electron chi connectivity index (χ1n) is 14.3. The van der Waals surface area contributed by atoms with Gasteiger partial charge >= 0.3 is 8.25 Å². The summed E-state index contributed by atoms with van der Waals surface area (Å²) < 4.78 is 47.5. The number of hydrogen-bond acceptors (Lipinski definition) is 6. The average Bonchev–Trinajstić information content (AvgIpc) is 2.75. The van der Waals surface area contributed by atoms with Crippen LogP contribution in [0.3, 0.4) is 0 Å². The van der Waals surface area contributed by atoms with Crippen molar-refractivity contribution in [3.63, 3.8) is 0 Å². The van der Waals surface area contributed by atoms with Crippen molar-refractivity contribution in [1.29, 1.82) is 0 Å².